The highest BCUT2D eigenvalue weighted by Gasteiger charge is 2.20. The molecule has 1 atom stereocenters. The summed E-state index contributed by atoms with van der Waals surface area (Å²) in [6, 6.07) is 8.74. The van der Waals surface area contributed by atoms with Gasteiger partial charge in [0.05, 0.1) is 17.3 Å². The second-order valence-corrected chi connectivity index (χ2v) is 7.19. The lowest BCUT2D eigenvalue weighted by molar-refractivity contribution is 0.0911. The van der Waals surface area contributed by atoms with Crippen molar-refractivity contribution >= 4 is 28.7 Å². The number of pyridine rings is 1. The standard InChI is InChI=1S/C20H14ClF2N7O/c1-11(26-20(31)19-27-17-3-2-5-25-18(17)30(19)23)10-29-6-4-16(28-29)12-7-14(21)13(9-24)15(22)8-12/h2-8,11H,10H2,1H3,(H,26,31). The zero-order valence-corrected chi connectivity index (χ0v) is 16.8. The summed E-state index contributed by atoms with van der Waals surface area (Å²) < 4.78 is 29.9. The van der Waals surface area contributed by atoms with Gasteiger partial charge in [-0.3, -0.25) is 9.48 Å². The normalized spacial score (nSPS) is 12.0. The Morgan fingerprint density at radius 1 is 1.39 bits per heavy atom. The number of carbonyl (C=O) groups excluding carboxylic acids is 1. The maximum atomic E-state index is 14.3. The molecule has 0 aliphatic carbocycles. The van der Waals surface area contributed by atoms with E-state index in [0.29, 0.717) is 11.3 Å². The molecule has 4 rings (SSSR count). The molecule has 4 aromatic rings. The van der Waals surface area contributed by atoms with Crippen molar-refractivity contribution in [2.75, 3.05) is 0 Å². The molecule has 0 saturated heterocycles. The van der Waals surface area contributed by atoms with Gasteiger partial charge in [0.15, 0.2) is 5.65 Å². The van der Waals surface area contributed by atoms with Crippen LogP contribution >= 0.6 is 11.6 Å². The highest BCUT2D eigenvalue weighted by Crippen LogP contribution is 2.26. The number of fused-ring (bicyclic) bond motifs is 1. The largest absolute Gasteiger partial charge is 0.345 e. The Kier molecular flexibility index (Phi) is 5.35. The molecule has 3 heterocycles. The summed E-state index contributed by atoms with van der Waals surface area (Å²) in [5.74, 6) is -1.82. The van der Waals surface area contributed by atoms with Crippen LogP contribution in [0.2, 0.25) is 5.02 Å². The minimum absolute atomic E-state index is 0.00344. The van der Waals surface area contributed by atoms with Crippen LogP contribution < -0.4 is 5.32 Å². The van der Waals surface area contributed by atoms with Gasteiger partial charge in [-0.1, -0.05) is 16.1 Å². The number of benzene rings is 1. The molecule has 0 aliphatic heterocycles. The Morgan fingerprint density at radius 3 is 2.90 bits per heavy atom. The van der Waals surface area contributed by atoms with Crippen LogP contribution in [0.5, 0.6) is 0 Å². The quantitative estimate of drug-likeness (QED) is 0.510. The third-order valence-corrected chi connectivity index (χ3v) is 4.79. The second kappa shape index (κ2) is 8.12. The van der Waals surface area contributed by atoms with Gasteiger partial charge in [0, 0.05) is 24.0 Å². The fourth-order valence-corrected chi connectivity index (χ4v) is 3.34. The van der Waals surface area contributed by atoms with E-state index >= 15 is 0 Å². The molecular weight excluding hydrogens is 428 g/mol. The number of halogens is 3. The zero-order valence-electron chi connectivity index (χ0n) is 16.1. The summed E-state index contributed by atoms with van der Waals surface area (Å²) in [6.45, 7) is 1.99. The maximum absolute atomic E-state index is 14.3. The Bertz CT molecular complexity index is 1320. The van der Waals surface area contributed by atoms with Gasteiger partial charge in [0.2, 0.25) is 5.82 Å². The first-order valence-corrected chi connectivity index (χ1v) is 9.48. The highest BCUT2D eigenvalue weighted by molar-refractivity contribution is 6.32. The lowest BCUT2D eigenvalue weighted by atomic mass is 10.1. The number of amides is 1. The topological polar surface area (TPSA) is 101 Å². The van der Waals surface area contributed by atoms with E-state index in [-0.39, 0.29) is 33.1 Å². The van der Waals surface area contributed by atoms with Crippen LogP contribution in [0.15, 0.2) is 42.7 Å². The van der Waals surface area contributed by atoms with Gasteiger partial charge >= 0.3 is 0 Å². The summed E-state index contributed by atoms with van der Waals surface area (Å²) in [5.41, 5.74) is 0.865. The van der Waals surface area contributed by atoms with E-state index in [1.54, 1.807) is 42.1 Å². The number of hydrogen-bond acceptors (Lipinski definition) is 5. The van der Waals surface area contributed by atoms with E-state index < -0.39 is 23.6 Å². The molecular formula is C20H14ClF2N7O. The molecule has 1 N–H and O–H groups in total. The molecule has 1 amide bonds. The number of carbonyl (C=O) groups is 1. The van der Waals surface area contributed by atoms with E-state index in [2.05, 4.69) is 20.4 Å². The van der Waals surface area contributed by atoms with Crippen LogP contribution in [0.1, 0.15) is 23.1 Å². The number of nitrogens with zero attached hydrogens (tertiary/aromatic N) is 6. The van der Waals surface area contributed by atoms with Gasteiger partial charge in [-0.2, -0.15) is 10.4 Å². The molecule has 0 radical (unpaired) electrons. The molecule has 1 unspecified atom stereocenters. The van der Waals surface area contributed by atoms with Crippen LogP contribution in [0, 0.1) is 17.1 Å². The van der Waals surface area contributed by atoms with Crippen molar-refractivity contribution in [3.05, 3.63) is 65.0 Å². The first kappa shape index (κ1) is 20.4. The van der Waals surface area contributed by atoms with E-state index in [1.807, 2.05) is 0 Å². The minimum Gasteiger partial charge on any atom is -0.345 e. The average molecular weight is 442 g/mol. The predicted octanol–water partition coefficient (Wildman–Crippen LogP) is 3.51. The van der Waals surface area contributed by atoms with Gasteiger partial charge in [-0.25, -0.2) is 14.4 Å². The number of aromatic nitrogens is 5. The van der Waals surface area contributed by atoms with Crippen LogP contribution in [-0.4, -0.2) is 36.5 Å². The van der Waals surface area contributed by atoms with Gasteiger partial charge in [-0.05, 0) is 37.3 Å². The summed E-state index contributed by atoms with van der Waals surface area (Å²) in [7, 11) is 0. The summed E-state index contributed by atoms with van der Waals surface area (Å²) in [6.07, 6.45) is 3.06. The predicted molar refractivity (Wildman–Crippen MR) is 108 cm³/mol. The second-order valence-electron chi connectivity index (χ2n) is 6.79. The Morgan fingerprint density at radius 2 is 2.19 bits per heavy atom. The van der Waals surface area contributed by atoms with Gasteiger partial charge in [0.1, 0.15) is 23.0 Å². The molecule has 0 aliphatic rings. The zero-order chi connectivity index (χ0) is 22.1. The third kappa shape index (κ3) is 3.95. The Hall–Kier alpha value is -3.84. The number of rotatable bonds is 5. The van der Waals surface area contributed by atoms with Crippen molar-refractivity contribution in [1.82, 2.24) is 29.9 Å². The van der Waals surface area contributed by atoms with Crippen molar-refractivity contribution in [3.63, 3.8) is 0 Å². The number of nitrogens with one attached hydrogen (secondary N) is 1. The van der Waals surface area contributed by atoms with Gasteiger partial charge < -0.3 is 5.32 Å². The van der Waals surface area contributed by atoms with Crippen molar-refractivity contribution in [3.8, 4) is 17.3 Å². The van der Waals surface area contributed by atoms with Crippen molar-refractivity contribution in [2.45, 2.75) is 19.5 Å². The van der Waals surface area contributed by atoms with Crippen LogP contribution in [0.25, 0.3) is 22.4 Å². The number of hydrogen-bond donors (Lipinski definition) is 1. The monoisotopic (exact) mass is 441 g/mol. The lowest BCUT2D eigenvalue weighted by Crippen LogP contribution is -2.36. The smallest absolute Gasteiger partial charge is 0.290 e. The molecule has 0 bridgehead atoms. The molecule has 31 heavy (non-hydrogen) atoms. The van der Waals surface area contributed by atoms with E-state index in [1.165, 1.54) is 18.3 Å². The fourth-order valence-electron chi connectivity index (χ4n) is 3.08. The third-order valence-electron chi connectivity index (χ3n) is 4.50. The molecule has 0 spiro atoms. The van der Waals surface area contributed by atoms with Gasteiger partial charge in [-0.15, -0.1) is 4.79 Å². The summed E-state index contributed by atoms with van der Waals surface area (Å²) in [5, 5.41) is 15.9. The van der Waals surface area contributed by atoms with Crippen LogP contribution in [-0.2, 0) is 6.54 Å². The summed E-state index contributed by atoms with van der Waals surface area (Å²) in [4.78, 5) is 20.4. The van der Waals surface area contributed by atoms with Gasteiger partial charge in [0.25, 0.3) is 5.91 Å². The average Bonchev–Trinajstić information content (AvgIpc) is 3.32. The molecule has 8 nitrogen and oxygen atoms in total. The summed E-state index contributed by atoms with van der Waals surface area (Å²) >= 11 is 5.95. The molecule has 3 aromatic heterocycles. The first-order valence-electron chi connectivity index (χ1n) is 9.11. The van der Waals surface area contributed by atoms with E-state index in [4.69, 9.17) is 16.9 Å². The molecule has 156 valence electrons. The Balaban J connectivity index is 1.47. The molecule has 11 heteroatoms. The minimum atomic E-state index is -0.733. The molecule has 0 saturated carbocycles. The lowest BCUT2D eigenvalue weighted by Gasteiger charge is -2.13. The Labute approximate surface area is 179 Å². The van der Waals surface area contributed by atoms with Crippen LogP contribution in [0.4, 0.5) is 8.87 Å². The SMILES string of the molecule is CC(Cn1ccc(-c2cc(F)c(C#N)c(Cl)c2)n1)NC(=O)c1nc2cccnc2n1F. The van der Waals surface area contributed by atoms with Crippen LogP contribution in [0.3, 0.4) is 0 Å². The van der Waals surface area contributed by atoms with Crippen molar-refractivity contribution < 1.29 is 13.7 Å². The maximum Gasteiger partial charge on any atom is 0.290 e. The number of imidazole rings is 1. The van der Waals surface area contributed by atoms with Crippen molar-refractivity contribution in [1.29, 1.82) is 5.26 Å². The first-order chi connectivity index (χ1) is 14.9. The number of nitriles is 1. The van der Waals surface area contributed by atoms with Crippen molar-refractivity contribution in [2.24, 2.45) is 0 Å². The molecule has 1 aromatic carbocycles. The molecule has 0 fully saturated rings. The van der Waals surface area contributed by atoms with E-state index in [9.17, 15) is 13.7 Å². The highest BCUT2D eigenvalue weighted by atomic mass is 35.5. The van der Waals surface area contributed by atoms with E-state index in [0.717, 1.165) is 0 Å². The fraction of sp³-hybridized carbons (Fsp3) is 0.150.